The Labute approximate surface area is 95.6 Å². The highest BCUT2D eigenvalue weighted by Crippen LogP contribution is 2.18. The Bertz CT molecular complexity index is 262. The highest BCUT2D eigenvalue weighted by atomic mass is 16.4. The molecule has 1 amide bonds. The standard InChI is InChI=1S/C11H20N2O3/c1-7(2)5-9(11(15)16)12-6-10(14)13-8-3-4-8/h7-9,12H,3-6H2,1-2H3,(H,13,14)(H,15,16). The van der Waals surface area contributed by atoms with Gasteiger partial charge in [0.15, 0.2) is 0 Å². The summed E-state index contributed by atoms with van der Waals surface area (Å²) in [5.74, 6) is -0.717. The summed E-state index contributed by atoms with van der Waals surface area (Å²) in [5, 5.41) is 14.5. The van der Waals surface area contributed by atoms with Gasteiger partial charge in [0.05, 0.1) is 6.54 Å². The SMILES string of the molecule is CC(C)CC(NCC(=O)NC1CC1)C(=O)O. The monoisotopic (exact) mass is 228 g/mol. The molecule has 0 spiro atoms. The number of carboxylic acids is 1. The van der Waals surface area contributed by atoms with Gasteiger partial charge in [-0.1, -0.05) is 13.8 Å². The topological polar surface area (TPSA) is 78.4 Å². The van der Waals surface area contributed by atoms with Crippen LogP contribution in [0.2, 0.25) is 0 Å². The van der Waals surface area contributed by atoms with Gasteiger partial charge >= 0.3 is 5.97 Å². The molecule has 0 bridgehead atoms. The molecule has 0 aliphatic heterocycles. The van der Waals surface area contributed by atoms with E-state index in [0.29, 0.717) is 18.4 Å². The predicted octanol–water partition coefficient (Wildman–Crippen LogP) is 0.354. The van der Waals surface area contributed by atoms with E-state index in [4.69, 9.17) is 5.11 Å². The number of amides is 1. The number of nitrogens with one attached hydrogen (secondary N) is 2. The Morgan fingerprint density at radius 2 is 2.00 bits per heavy atom. The van der Waals surface area contributed by atoms with Gasteiger partial charge in [-0.3, -0.25) is 14.9 Å². The zero-order valence-corrected chi connectivity index (χ0v) is 9.82. The fourth-order valence-corrected chi connectivity index (χ4v) is 1.47. The Kier molecular flexibility index (Phi) is 4.73. The summed E-state index contributed by atoms with van der Waals surface area (Å²) < 4.78 is 0. The lowest BCUT2D eigenvalue weighted by Gasteiger charge is -2.16. The van der Waals surface area contributed by atoms with Gasteiger partial charge in [-0.05, 0) is 25.2 Å². The third-order valence-electron chi connectivity index (χ3n) is 2.46. The van der Waals surface area contributed by atoms with Crippen molar-refractivity contribution in [2.75, 3.05) is 6.54 Å². The zero-order valence-electron chi connectivity index (χ0n) is 9.82. The first-order valence-corrected chi connectivity index (χ1v) is 5.74. The van der Waals surface area contributed by atoms with Crippen LogP contribution in [0.25, 0.3) is 0 Å². The molecule has 0 aromatic carbocycles. The van der Waals surface area contributed by atoms with Crippen LogP contribution in [0.15, 0.2) is 0 Å². The Hall–Kier alpha value is -1.10. The molecular weight excluding hydrogens is 208 g/mol. The smallest absolute Gasteiger partial charge is 0.320 e. The minimum atomic E-state index is -0.895. The number of carbonyl (C=O) groups excluding carboxylic acids is 1. The van der Waals surface area contributed by atoms with Gasteiger partial charge in [0.25, 0.3) is 0 Å². The van der Waals surface area contributed by atoms with Crippen molar-refractivity contribution in [3.05, 3.63) is 0 Å². The first-order valence-electron chi connectivity index (χ1n) is 5.74. The van der Waals surface area contributed by atoms with Crippen LogP contribution in [-0.4, -0.2) is 35.6 Å². The van der Waals surface area contributed by atoms with E-state index in [1.807, 2.05) is 13.8 Å². The minimum absolute atomic E-state index is 0.0835. The van der Waals surface area contributed by atoms with Crippen molar-refractivity contribution in [2.24, 2.45) is 5.92 Å². The fourth-order valence-electron chi connectivity index (χ4n) is 1.47. The quantitative estimate of drug-likeness (QED) is 0.587. The highest BCUT2D eigenvalue weighted by Gasteiger charge is 2.24. The van der Waals surface area contributed by atoms with Crippen LogP contribution >= 0.6 is 0 Å². The van der Waals surface area contributed by atoms with E-state index >= 15 is 0 Å². The van der Waals surface area contributed by atoms with Gasteiger partial charge in [0.1, 0.15) is 6.04 Å². The van der Waals surface area contributed by atoms with Crippen molar-refractivity contribution < 1.29 is 14.7 Å². The van der Waals surface area contributed by atoms with Gasteiger partial charge in [-0.15, -0.1) is 0 Å². The molecule has 1 rings (SSSR count). The van der Waals surface area contributed by atoms with Gasteiger partial charge in [0.2, 0.25) is 5.91 Å². The summed E-state index contributed by atoms with van der Waals surface area (Å²) in [6.45, 7) is 4.00. The molecule has 5 heteroatoms. The average Bonchev–Trinajstić information content (AvgIpc) is 2.95. The maximum Gasteiger partial charge on any atom is 0.320 e. The molecule has 0 saturated heterocycles. The molecule has 1 atom stereocenters. The summed E-state index contributed by atoms with van der Waals surface area (Å²) in [7, 11) is 0. The van der Waals surface area contributed by atoms with E-state index in [2.05, 4.69) is 10.6 Å². The van der Waals surface area contributed by atoms with Crippen molar-refractivity contribution in [3.8, 4) is 0 Å². The molecule has 1 unspecified atom stereocenters. The van der Waals surface area contributed by atoms with E-state index in [1.54, 1.807) is 0 Å². The normalized spacial score (nSPS) is 17.2. The molecule has 92 valence electrons. The molecular formula is C11H20N2O3. The summed E-state index contributed by atoms with van der Waals surface area (Å²) in [6, 6.07) is -0.312. The third kappa shape index (κ3) is 5.11. The largest absolute Gasteiger partial charge is 0.480 e. The van der Waals surface area contributed by atoms with Crippen LogP contribution in [-0.2, 0) is 9.59 Å². The molecule has 0 heterocycles. The minimum Gasteiger partial charge on any atom is -0.480 e. The van der Waals surface area contributed by atoms with Gasteiger partial charge in [-0.2, -0.15) is 0 Å². The van der Waals surface area contributed by atoms with E-state index in [-0.39, 0.29) is 12.5 Å². The number of hydrogen-bond donors (Lipinski definition) is 3. The van der Waals surface area contributed by atoms with Crippen molar-refractivity contribution in [1.29, 1.82) is 0 Å². The van der Waals surface area contributed by atoms with E-state index in [1.165, 1.54) is 0 Å². The molecule has 0 aromatic rings. The number of hydrogen-bond acceptors (Lipinski definition) is 3. The van der Waals surface area contributed by atoms with Crippen LogP contribution in [0.1, 0.15) is 33.1 Å². The van der Waals surface area contributed by atoms with Crippen molar-refractivity contribution in [3.63, 3.8) is 0 Å². The maximum atomic E-state index is 11.3. The van der Waals surface area contributed by atoms with E-state index in [0.717, 1.165) is 12.8 Å². The van der Waals surface area contributed by atoms with Gasteiger partial charge < -0.3 is 10.4 Å². The Morgan fingerprint density at radius 1 is 1.38 bits per heavy atom. The van der Waals surface area contributed by atoms with Crippen LogP contribution in [0.5, 0.6) is 0 Å². The summed E-state index contributed by atoms with van der Waals surface area (Å²) in [6.07, 6.45) is 2.62. The van der Waals surface area contributed by atoms with Crippen molar-refractivity contribution in [2.45, 2.75) is 45.2 Å². The molecule has 16 heavy (non-hydrogen) atoms. The number of carbonyl (C=O) groups is 2. The predicted molar refractivity (Wildman–Crippen MR) is 60.0 cm³/mol. The molecule has 1 saturated carbocycles. The van der Waals surface area contributed by atoms with E-state index in [9.17, 15) is 9.59 Å². The zero-order chi connectivity index (χ0) is 12.1. The average molecular weight is 228 g/mol. The second-order valence-electron chi connectivity index (χ2n) is 4.74. The van der Waals surface area contributed by atoms with Gasteiger partial charge in [0, 0.05) is 6.04 Å². The number of carboxylic acid groups (broad SMARTS) is 1. The second-order valence-corrected chi connectivity index (χ2v) is 4.74. The lowest BCUT2D eigenvalue weighted by molar-refractivity contribution is -0.140. The van der Waals surface area contributed by atoms with Gasteiger partial charge in [-0.25, -0.2) is 0 Å². The Balaban J connectivity index is 2.24. The van der Waals surface area contributed by atoms with Crippen LogP contribution in [0.4, 0.5) is 0 Å². The third-order valence-corrected chi connectivity index (χ3v) is 2.46. The Morgan fingerprint density at radius 3 is 2.44 bits per heavy atom. The highest BCUT2D eigenvalue weighted by molar-refractivity contribution is 5.80. The molecule has 1 aliphatic rings. The molecule has 0 radical (unpaired) electrons. The summed E-state index contributed by atoms with van der Waals surface area (Å²) in [5.41, 5.74) is 0. The molecule has 1 aliphatic carbocycles. The summed E-state index contributed by atoms with van der Waals surface area (Å²) in [4.78, 5) is 22.2. The molecule has 3 N–H and O–H groups in total. The lowest BCUT2D eigenvalue weighted by Crippen LogP contribution is -2.44. The molecule has 5 nitrogen and oxygen atoms in total. The van der Waals surface area contributed by atoms with Crippen molar-refractivity contribution in [1.82, 2.24) is 10.6 Å². The first kappa shape index (κ1) is 13.0. The molecule has 1 fully saturated rings. The lowest BCUT2D eigenvalue weighted by atomic mass is 10.0. The van der Waals surface area contributed by atoms with Crippen LogP contribution in [0, 0.1) is 5.92 Å². The van der Waals surface area contributed by atoms with Crippen LogP contribution < -0.4 is 10.6 Å². The fraction of sp³-hybridized carbons (Fsp3) is 0.818. The maximum absolute atomic E-state index is 11.3. The number of rotatable bonds is 7. The molecule has 0 aromatic heterocycles. The first-order chi connectivity index (χ1) is 7.49. The second kappa shape index (κ2) is 5.84. The number of aliphatic carboxylic acids is 1. The van der Waals surface area contributed by atoms with E-state index < -0.39 is 12.0 Å². The van der Waals surface area contributed by atoms with Crippen molar-refractivity contribution >= 4 is 11.9 Å². The van der Waals surface area contributed by atoms with Crippen LogP contribution in [0.3, 0.4) is 0 Å². The summed E-state index contributed by atoms with van der Waals surface area (Å²) >= 11 is 0.